The van der Waals surface area contributed by atoms with E-state index in [4.69, 9.17) is 16.3 Å². The van der Waals surface area contributed by atoms with E-state index in [1.165, 1.54) is 0 Å². The van der Waals surface area contributed by atoms with Gasteiger partial charge in [0.05, 0.1) is 4.47 Å². The number of nitrogens with zero attached hydrogens (tertiary/aromatic N) is 1. The molecule has 1 aromatic heterocycles. The van der Waals surface area contributed by atoms with Crippen molar-refractivity contribution in [3.63, 3.8) is 0 Å². The molecule has 1 heterocycles. The SMILES string of the molecule is Clc1ccc(COc2ncc(Br)cc2Br)cc1. The Morgan fingerprint density at radius 3 is 2.53 bits per heavy atom. The lowest BCUT2D eigenvalue weighted by Crippen LogP contribution is -1.97. The highest BCUT2D eigenvalue weighted by Gasteiger charge is 2.03. The number of halogens is 3. The predicted octanol–water partition coefficient (Wildman–Crippen LogP) is 4.84. The highest BCUT2D eigenvalue weighted by molar-refractivity contribution is 9.11. The zero-order valence-corrected chi connectivity index (χ0v) is 12.6. The second-order valence-electron chi connectivity index (χ2n) is 3.36. The molecule has 88 valence electrons. The van der Waals surface area contributed by atoms with Crippen LogP contribution in [0.5, 0.6) is 5.88 Å². The van der Waals surface area contributed by atoms with Crippen molar-refractivity contribution >= 4 is 43.5 Å². The van der Waals surface area contributed by atoms with Gasteiger partial charge >= 0.3 is 0 Å². The average molecular weight is 377 g/mol. The fourth-order valence-corrected chi connectivity index (χ4v) is 2.47. The van der Waals surface area contributed by atoms with Gasteiger partial charge in [0.25, 0.3) is 0 Å². The van der Waals surface area contributed by atoms with Crippen LogP contribution in [0.15, 0.2) is 45.5 Å². The first kappa shape index (κ1) is 12.9. The zero-order chi connectivity index (χ0) is 12.3. The van der Waals surface area contributed by atoms with E-state index in [9.17, 15) is 0 Å². The number of ether oxygens (including phenoxy) is 1. The molecule has 2 aromatic rings. The van der Waals surface area contributed by atoms with E-state index in [0.717, 1.165) is 19.5 Å². The van der Waals surface area contributed by atoms with Gasteiger partial charge in [-0.1, -0.05) is 23.7 Å². The Bertz CT molecular complexity index is 516. The maximum Gasteiger partial charge on any atom is 0.228 e. The van der Waals surface area contributed by atoms with Crippen LogP contribution in [0.4, 0.5) is 0 Å². The van der Waals surface area contributed by atoms with Gasteiger partial charge in [-0.2, -0.15) is 0 Å². The molecule has 2 nitrogen and oxygen atoms in total. The fraction of sp³-hybridized carbons (Fsp3) is 0.0833. The van der Waals surface area contributed by atoms with Crippen molar-refractivity contribution in [3.8, 4) is 5.88 Å². The van der Waals surface area contributed by atoms with Gasteiger partial charge in [-0.25, -0.2) is 4.98 Å². The summed E-state index contributed by atoms with van der Waals surface area (Å²) in [6, 6.07) is 9.42. The Hall–Kier alpha value is -0.580. The minimum Gasteiger partial charge on any atom is -0.472 e. The number of aromatic nitrogens is 1. The van der Waals surface area contributed by atoms with Crippen molar-refractivity contribution in [3.05, 3.63) is 56.1 Å². The molecular weight excluding hydrogens is 369 g/mol. The zero-order valence-electron chi connectivity index (χ0n) is 8.66. The van der Waals surface area contributed by atoms with Gasteiger partial charge in [0.15, 0.2) is 0 Å². The first-order valence-electron chi connectivity index (χ1n) is 4.83. The van der Waals surface area contributed by atoms with Gasteiger partial charge in [-0.15, -0.1) is 0 Å². The minimum atomic E-state index is 0.463. The predicted molar refractivity (Wildman–Crippen MR) is 75.4 cm³/mol. The van der Waals surface area contributed by atoms with Crippen molar-refractivity contribution in [1.29, 1.82) is 0 Å². The van der Waals surface area contributed by atoms with E-state index in [2.05, 4.69) is 36.8 Å². The summed E-state index contributed by atoms with van der Waals surface area (Å²) in [6.45, 7) is 0.463. The molecule has 0 radical (unpaired) electrons. The van der Waals surface area contributed by atoms with Gasteiger partial charge in [-0.05, 0) is 55.6 Å². The molecule has 0 aliphatic heterocycles. The lowest BCUT2D eigenvalue weighted by molar-refractivity contribution is 0.291. The van der Waals surface area contributed by atoms with Crippen LogP contribution in [0.25, 0.3) is 0 Å². The quantitative estimate of drug-likeness (QED) is 0.764. The minimum absolute atomic E-state index is 0.463. The van der Waals surface area contributed by atoms with Crippen LogP contribution >= 0.6 is 43.5 Å². The molecule has 0 bridgehead atoms. The monoisotopic (exact) mass is 375 g/mol. The van der Waals surface area contributed by atoms with Gasteiger partial charge in [0, 0.05) is 15.7 Å². The third kappa shape index (κ3) is 3.69. The Kier molecular flexibility index (Phi) is 4.42. The standard InChI is InChI=1S/C12H8Br2ClNO/c13-9-5-11(14)12(16-6-9)17-7-8-1-3-10(15)4-2-8/h1-6H,7H2. The smallest absolute Gasteiger partial charge is 0.228 e. The number of rotatable bonds is 3. The van der Waals surface area contributed by atoms with Crippen molar-refractivity contribution in [2.24, 2.45) is 0 Å². The Labute approximate surface area is 121 Å². The summed E-state index contributed by atoms with van der Waals surface area (Å²) in [4.78, 5) is 4.17. The van der Waals surface area contributed by atoms with E-state index in [1.54, 1.807) is 6.20 Å². The highest BCUT2D eigenvalue weighted by Crippen LogP contribution is 2.26. The number of pyridine rings is 1. The van der Waals surface area contributed by atoms with Crippen LogP contribution in [0.2, 0.25) is 5.02 Å². The first-order valence-corrected chi connectivity index (χ1v) is 6.80. The normalized spacial score (nSPS) is 10.3. The van der Waals surface area contributed by atoms with E-state index in [-0.39, 0.29) is 0 Å². The van der Waals surface area contributed by atoms with E-state index >= 15 is 0 Å². The summed E-state index contributed by atoms with van der Waals surface area (Å²) < 4.78 is 7.32. The fourth-order valence-electron chi connectivity index (χ4n) is 1.24. The highest BCUT2D eigenvalue weighted by atomic mass is 79.9. The molecule has 0 atom stereocenters. The molecule has 5 heteroatoms. The lowest BCUT2D eigenvalue weighted by atomic mass is 10.2. The lowest BCUT2D eigenvalue weighted by Gasteiger charge is -2.07. The largest absolute Gasteiger partial charge is 0.472 e. The van der Waals surface area contributed by atoms with E-state index in [0.29, 0.717) is 12.5 Å². The molecule has 0 aliphatic carbocycles. The molecule has 0 spiro atoms. The van der Waals surface area contributed by atoms with Crippen LogP contribution < -0.4 is 4.74 Å². The summed E-state index contributed by atoms with van der Waals surface area (Å²) in [5, 5.41) is 0.719. The van der Waals surface area contributed by atoms with E-state index in [1.807, 2.05) is 30.3 Å². The molecule has 0 N–H and O–H groups in total. The van der Waals surface area contributed by atoms with Crippen molar-refractivity contribution < 1.29 is 4.74 Å². The molecule has 0 unspecified atom stereocenters. The molecule has 0 fully saturated rings. The molecular formula is C12H8Br2ClNO. The van der Waals surface area contributed by atoms with Gasteiger partial charge in [-0.3, -0.25) is 0 Å². The topological polar surface area (TPSA) is 22.1 Å². The molecule has 17 heavy (non-hydrogen) atoms. The Morgan fingerprint density at radius 1 is 1.18 bits per heavy atom. The van der Waals surface area contributed by atoms with Crippen molar-refractivity contribution in [1.82, 2.24) is 4.98 Å². The van der Waals surface area contributed by atoms with Gasteiger partial charge in [0.1, 0.15) is 6.61 Å². The summed E-state index contributed by atoms with van der Waals surface area (Å²) in [5.41, 5.74) is 1.05. The molecule has 0 aliphatic rings. The first-order chi connectivity index (χ1) is 8.15. The second-order valence-corrected chi connectivity index (χ2v) is 5.56. The molecule has 2 rings (SSSR count). The van der Waals surface area contributed by atoms with Crippen LogP contribution in [0, 0.1) is 0 Å². The summed E-state index contributed by atoms with van der Waals surface area (Å²) in [7, 11) is 0. The maximum atomic E-state index is 5.81. The summed E-state index contributed by atoms with van der Waals surface area (Å²) >= 11 is 12.5. The van der Waals surface area contributed by atoms with Crippen molar-refractivity contribution in [2.45, 2.75) is 6.61 Å². The molecule has 0 amide bonds. The molecule has 0 saturated heterocycles. The second kappa shape index (κ2) is 5.85. The third-order valence-corrected chi connectivity index (χ3v) is 3.32. The number of hydrogen-bond acceptors (Lipinski definition) is 2. The van der Waals surface area contributed by atoms with Gasteiger partial charge in [0.2, 0.25) is 5.88 Å². The summed E-state index contributed by atoms with van der Waals surface area (Å²) in [6.07, 6.45) is 1.70. The van der Waals surface area contributed by atoms with Crippen LogP contribution in [0.1, 0.15) is 5.56 Å². The van der Waals surface area contributed by atoms with Crippen LogP contribution in [-0.4, -0.2) is 4.98 Å². The number of benzene rings is 1. The molecule has 0 saturated carbocycles. The number of hydrogen-bond donors (Lipinski definition) is 0. The Morgan fingerprint density at radius 2 is 1.88 bits per heavy atom. The average Bonchev–Trinajstić information content (AvgIpc) is 2.30. The maximum absolute atomic E-state index is 5.81. The van der Waals surface area contributed by atoms with E-state index < -0.39 is 0 Å². The van der Waals surface area contributed by atoms with Gasteiger partial charge < -0.3 is 4.74 Å². The van der Waals surface area contributed by atoms with Crippen molar-refractivity contribution in [2.75, 3.05) is 0 Å². The molecule has 1 aromatic carbocycles. The van der Waals surface area contributed by atoms with Crippen LogP contribution in [0.3, 0.4) is 0 Å². The Balaban J connectivity index is 2.04. The third-order valence-electron chi connectivity index (χ3n) is 2.06. The summed E-state index contributed by atoms with van der Waals surface area (Å²) in [5.74, 6) is 0.572. The van der Waals surface area contributed by atoms with Crippen LogP contribution in [-0.2, 0) is 6.61 Å².